The fraction of sp³-hybridized carbons (Fsp3) is 0.750. The Hall–Kier alpha value is -0.960. The maximum absolute atomic E-state index is 12.0. The van der Waals surface area contributed by atoms with Gasteiger partial charge in [0.15, 0.2) is 0 Å². The Morgan fingerprint density at radius 1 is 1.40 bits per heavy atom. The average Bonchev–Trinajstić information content (AvgIpc) is 2.74. The van der Waals surface area contributed by atoms with Crippen LogP contribution >= 0.6 is 0 Å². The van der Waals surface area contributed by atoms with Gasteiger partial charge in [-0.15, -0.1) is 0 Å². The molecule has 1 aliphatic rings. The molecule has 2 heterocycles. The summed E-state index contributed by atoms with van der Waals surface area (Å²) >= 11 is 0. The van der Waals surface area contributed by atoms with Gasteiger partial charge in [-0.25, -0.2) is 13.1 Å². The van der Waals surface area contributed by atoms with E-state index in [4.69, 9.17) is 0 Å². The van der Waals surface area contributed by atoms with Gasteiger partial charge >= 0.3 is 0 Å². The third-order valence-electron chi connectivity index (χ3n) is 3.48. The zero-order chi connectivity index (χ0) is 14.6. The number of nitrogens with one attached hydrogen (secondary N) is 2. The molecule has 1 aliphatic heterocycles. The van der Waals surface area contributed by atoms with Crippen molar-refractivity contribution in [3.8, 4) is 0 Å². The highest BCUT2D eigenvalue weighted by atomic mass is 32.2. The molecular weight excluding hydrogens is 278 g/mol. The molecule has 114 valence electrons. The van der Waals surface area contributed by atoms with Crippen molar-refractivity contribution in [2.45, 2.75) is 13.5 Å². The molecule has 7 nitrogen and oxygen atoms in total. The van der Waals surface area contributed by atoms with Crippen LogP contribution in [0.4, 0.5) is 0 Å². The number of hydrogen-bond donors (Lipinski definition) is 2. The molecule has 0 aromatic carbocycles. The quantitative estimate of drug-likeness (QED) is 0.708. The maximum Gasteiger partial charge on any atom is 0.213 e. The fourth-order valence-corrected chi connectivity index (χ4v) is 3.28. The molecule has 0 atom stereocenters. The fourth-order valence-electron chi connectivity index (χ4n) is 2.27. The Labute approximate surface area is 120 Å². The van der Waals surface area contributed by atoms with E-state index < -0.39 is 10.0 Å². The molecular formula is C12H23N5O2S. The average molecular weight is 301 g/mol. The van der Waals surface area contributed by atoms with Gasteiger partial charge in [0, 0.05) is 58.1 Å². The molecule has 1 aromatic heterocycles. The van der Waals surface area contributed by atoms with E-state index in [-0.39, 0.29) is 5.75 Å². The van der Waals surface area contributed by atoms with Crippen LogP contribution in [-0.4, -0.2) is 61.6 Å². The first kappa shape index (κ1) is 15.4. The van der Waals surface area contributed by atoms with Crippen molar-refractivity contribution < 1.29 is 8.42 Å². The van der Waals surface area contributed by atoms with Crippen LogP contribution < -0.4 is 10.0 Å². The summed E-state index contributed by atoms with van der Waals surface area (Å²) in [5.41, 5.74) is 1.77. The summed E-state index contributed by atoms with van der Waals surface area (Å²) in [6.45, 7) is 6.47. The van der Waals surface area contributed by atoms with Gasteiger partial charge in [0.25, 0.3) is 0 Å². The van der Waals surface area contributed by atoms with Crippen LogP contribution in [0.15, 0.2) is 6.20 Å². The van der Waals surface area contributed by atoms with Crippen LogP contribution in [-0.2, 0) is 23.6 Å². The maximum atomic E-state index is 12.0. The Kier molecular flexibility index (Phi) is 5.14. The van der Waals surface area contributed by atoms with Crippen molar-refractivity contribution in [2.24, 2.45) is 7.05 Å². The van der Waals surface area contributed by atoms with Crippen LogP contribution in [0.2, 0.25) is 0 Å². The summed E-state index contributed by atoms with van der Waals surface area (Å²) in [5.74, 6) is 0.145. The second-order valence-electron chi connectivity index (χ2n) is 5.15. The van der Waals surface area contributed by atoms with E-state index in [0.29, 0.717) is 13.1 Å². The predicted molar refractivity (Wildman–Crippen MR) is 77.9 cm³/mol. The van der Waals surface area contributed by atoms with Crippen LogP contribution in [0.5, 0.6) is 0 Å². The summed E-state index contributed by atoms with van der Waals surface area (Å²) in [4.78, 5) is 2.17. The smallest absolute Gasteiger partial charge is 0.213 e. The number of nitrogens with zero attached hydrogens (tertiary/aromatic N) is 3. The molecule has 0 bridgehead atoms. The minimum Gasteiger partial charge on any atom is -0.314 e. The van der Waals surface area contributed by atoms with E-state index in [1.54, 1.807) is 4.68 Å². The van der Waals surface area contributed by atoms with Gasteiger partial charge in [0.2, 0.25) is 10.0 Å². The summed E-state index contributed by atoms with van der Waals surface area (Å²) < 4.78 is 28.3. The third-order valence-corrected chi connectivity index (χ3v) is 4.79. The van der Waals surface area contributed by atoms with Crippen molar-refractivity contribution in [3.63, 3.8) is 0 Å². The van der Waals surface area contributed by atoms with Crippen molar-refractivity contribution in [2.75, 3.05) is 38.5 Å². The van der Waals surface area contributed by atoms with Gasteiger partial charge < -0.3 is 5.32 Å². The van der Waals surface area contributed by atoms with Gasteiger partial charge in [-0.3, -0.25) is 9.58 Å². The van der Waals surface area contributed by atoms with E-state index >= 15 is 0 Å². The van der Waals surface area contributed by atoms with Crippen molar-refractivity contribution >= 4 is 10.0 Å². The molecule has 8 heteroatoms. The van der Waals surface area contributed by atoms with Crippen LogP contribution in [0.1, 0.15) is 11.3 Å². The zero-order valence-electron chi connectivity index (χ0n) is 12.1. The lowest BCUT2D eigenvalue weighted by Gasteiger charge is -2.26. The predicted octanol–water partition coefficient (Wildman–Crippen LogP) is -0.947. The Bertz CT molecular complexity index is 534. The lowest BCUT2D eigenvalue weighted by Crippen LogP contribution is -2.45. The highest BCUT2D eigenvalue weighted by Gasteiger charge is 2.16. The van der Waals surface area contributed by atoms with Gasteiger partial charge in [0.05, 0.1) is 11.4 Å². The normalized spacial score (nSPS) is 17.5. The second-order valence-corrected chi connectivity index (χ2v) is 7.07. The highest BCUT2D eigenvalue weighted by Crippen LogP contribution is 2.04. The topological polar surface area (TPSA) is 79.3 Å². The van der Waals surface area contributed by atoms with Gasteiger partial charge in [-0.05, 0) is 6.92 Å². The SMILES string of the molecule is Cc1nn(C)cc1CNS(=O)(=O)CCN1CCNCC1. The molecule has 0 spiro atoms. The van der Waals surface area contributed by atoms with Gasteiger partial charge in [-0.1, -0.05) is 0 Å². The van der Waals surface area contributed by atoms with Crippen LogP contribution in [0, 0.1) is 6.92 Å². The lowest BCUT2D eigenvalue weighted by molar-refractivity contribution is 0.253. The number of sulfonamides is 1. The van der Waals surface area contributed by atoms with E-state index in [2.05, 4.69) is 20.0 Å². The van der Waals surface area contributed by atoms with Crippen LogP contribution in [0.25, 0.3) is 0 Å². The first-order chi connectivity index (χ1) is 9.46. The summed E-state index contributed by atoms with van der Waals surface area (Å²) in [6, 6.07) is 0. The Morgan fingerprint density at radius 3 is 2.70 bits per heavy atom. The van der Waals surface area contributed by atoms with Crippen LogP contribution in [0.3, 0.4) is 0 Å². The summed E-state index contributed by atoms with van der Waals surface area (Å²) in [5, 5.41) is 7.45. The number of aromatic nitrogens is 2. The first-order valence-electron chi connectivity index (χ1n) is 6.86. The van der Waals surface area contributed by atoms with Gasteiger partial charge in [0.1, 0.15) is 0 Å². The minimum atomic E-state index is -3.24. The molecule has 2 N–H and O–H groups in total. The number of piperazine rings is 1. The molecule has 0 radical (unpaired) electrons. The standard InChI is InChI=1S/C12H23N5O2S/c1-11-12(10-16(2)15-11)9-14-20(18,19)8-7-17-5-3-13-4-6-17/h10,13-14H,3-9H2,1-2H3. The molecule has 1 fully saturated rings. The molecule has 20 heavy (non-hydrogen) atoms. The molecule has 0 unspecified atom stereocenters. The number of hydrogen-bond acceptors (Lipinski definition) is 5. The first-order valence-corrected chi connectivity index (χ1v) is 8.51. The minimum absolute atomic E-state index is 0.145. The highest BCUT2D eigenvalue weighted by molar-refractivity contribution is 7.89. The molecule has 0 saturated carbocycles. The Balaban J connectivity index is 1.80. The van der Waals surface area contributed by atoms with E-state index in [1.807, 2.05) is 20.2 Å². The van der Waals surface area contributed by atoms with E-state index in [9.17, 15) is 8.42 Å². The lowest BCUT2D eigenvalue weighted by atomic mass is 10.3. The second kappa shape index (κ2) is 6.66. The molecule has 2 rings (SSSR count). The molecule has 0 aliphatic carbocycles. The number of rotatable bonds is 6. The van der Waals surface area contributed by atoms with Crippen molar-refractivity contribution in [1.82, 2.24) is 24.7 Å². The van der Waals surface area contributed by atoms with Crippen molar-refractivity contribution in [1.29, 1.82) is 0 Å². The molecule has 0 amide bonds. The molecule has 1 aromatic rings. The van der Waals surface area contributed by atoms with E-state index in [1.165, 1.54) is 0 Å². The summed E-state index contributed by atoms with van der Waals surface area (Å²) in [6.07, 6.45) is 1.84. The van der Waals surface area contributed by atoms with Gasteiger partial charge in [-0.2, -0.15) is 5.10 Å². The largest absolute Gasteiger partial charge is 0.314 e. The Morgan fingerprint density at radius 2 is 2.10 bits per heavy atom. The monoisotopic (exact) mass is 301 g/mol. The number of aryl methyl sites for hydroxylation is 2. The molecule has 1 saturated heterocycles. The zero-order valence-corrected chi connectivity index (χ0v) is 12.9. The van der Waals surface area contributed by atoms with E-state index in [0.717, 1.165) is 37.4 Å². The third kappa shape index (κ3) is 4.55. The van der Waals surface area contributed by atoms with Crippen molar-refractivity contribution in [3.05, 3.63) is 17.5 Å². The summed E-state index contributed by atoms with van der Waals surface area (Å²) in [7, 11) is -1.41.